The number of ether oxygens (including phenoxy) is 1. The van der Waals surface area contributed by atoms with Crippen LogP contribution in [0.5, 0.6) is 0 Å². The summed E-state index contributed by atoms with van der Waals surface area (Å²) in [5.74, 6) is -0.0681. The van der Waals surface area contributed by atoms with E-state index in [1.807, 2.05) is 6.08 Å². The second kappa shape index (κ2) is 54.7. The van der Waals surface area contributed by atoms with E-state index in [4.69, 9.17) is 4.74 Å². The lowest BCUT2D eigenvalue weighted by Crippen LogP contribution is -2.45. The lowest BCUT2D eigenvalue weighted by atomic mass is 10.0. The Kier molecular flexibility index (Phi) is 53.1. The monoisotopic (exact) mass is 914 g/mol. The fraction of sp³-hybridized carbons (Fsp3) is 0.864. The average Bonchev–Trinajstić information content (AvgIpc) is 3.31. The number of unbranched alkanes of at least 4 members (excludes halogenated alkanes) is 38. The van der Waals surface area contributed by atoms with Gasteiger partial charge in [-0.2, -0.15) is 0 Å². The van der Waals surface area contributed by atoms with Crippen molar-refractivity contribution in [2.75, 3.05) is 13.2 Å². The van der Waals surface area contributed by atoms with Gasteiger partial charge in [-0.05, 0) is 57.8 Å². The van der Waals surface area contributed by atoms with Crippen LogP contribution in [0.25, 0.3) is 0 Å². The lowest BCUT2D eigenvalue weighted by Gasteiger charge is -2.20. The summed E-state index contributed by atoms with van der Waals surface area (Å²) in [6.07, 6.45) is 67.5. The third-order valence-electron chi connectivity index (χ3n) is 13.1. The lowest BCUT2D eigenvalue weighted by molar-refractivity contribution is -0.143. The molecule has 0 heterocycles. The summed E-state index contributed by atoms with van der Waals surface area (Å²) in [4.78, 5) is 24.4. The topological polar surface area (TPSA) is 95.9 Å². The van der Waals surface area contributed by atoms with Crippen molar-refractivity contribution in [2.45, 2.75) is 315 Å². The van der Waals surface area contributed by atoms with Crippen molar-refractivity contribution in [1.29, 1.82) is 0 Å². The van der Waals surface area contributed by atoms with Crippen molar-refractivity contribution in [3.63, 3.8) is 0 Å². The smallest absolute Gasteiger partial charge is 0.305 e. The molecule has 6 nitrogen and oxygen atoms in total. The van der Waals surface area contributed by atoms with Gasteiger partial charge in [-0.3, -0.25) is 9.59 Å². The molecule has 65 heavy (non-hydrogen) atoms. The Morgan fingerprint density at radius 3 is 1.23 bits per heavy atom. The summed E-state index contributed by atoms with van der Waals surface area (Å²) >= 11 is 0. The van der Waals surface area contributed by atoms with Crippen molar-refractivity contribution >= 4 is 11.9 Å². The number of rotatable bonds is 53. The first kappa shape index (κ1) is 63.1. The third kappa shape index (κ3) is 51.3. The van der Waals surface area contributed by atoms with Crippen molar-refractivity contribution in [1.82, 2.24) is 5.32 Å². The predicted octanol–water partition coefficient (Wildman–Crippen LogP) is 17.6. The van der Waals surface area contributed by atoms with E-state index < -0.39 is 12.1 Å². The summed E-state index contributed by atoms with van der Waals surface area (Å²) in [6, 6.07) is -0.625. The average molecular weight is 915 g/mol. The Hall–Kier alpha value is -1.92. The predicted molar refractivity (Wildman–Crippen MR) is 283 cm³/mol. The van der Waals surface area contributed by atoms with Crippen LogP contribution in [0, 0.1) is 0 Å². The summed E-state index contributed by atoms with van der Waals surface area (Å²) in [5.41, 5.74) is 0. The van der Waals surface area contributed by atoms with Gasteiger partial charge < -0.3 is 20.3 Å². The van der Waals surface area contributed by atoms with E-state index in [9.17, 15) is 19.8 Å². The van der Waals surface area contributed by atoms with Crippen LogP contribution in [-0.2, 0) is 14.3 Å². The zero-order valence-corrected chi connectivity index (χ0v) is 43.5. The first-order valence-electron chi connectivity index (χ1n) is 28.8. The number of esters is 1. The standard InChI is InChI=1S/C59H111NO5/c1-3-5-7-9-11-13-15-29-33-37-41-45-49-53-59(64)65-54-50-46-42-38-34-31-28-26-24-22-20-18-16-17-19-21-23-25-27-30-32-36-40-44-48-52-58(63)60-56(55-61)57(62)51-47-43-39-35-14-12-10-8-6-4-2/h7,9,13,15,47,51,56-57,61-62H,3-6,8,10-12,14,16-46,48-50,52-55H2,1-2H3,(H,60,63)/b9-7-,15-13-,51-47+. The molecular weight excluding hydrogens is 803 g/mol. The second-order valence-corrected chi connectivity index (χ2v) is 19.6. The SMILES string of the molecule is CCC/C=C\C/C=C\CCCCCCCC(=O)OCCCCCCCCCCCCCCCCCCCCCCCCCCCC(=O)NC(CO)C(O)/C=C/CCCCCCCCCC. The molecule has 0 aliphatic carbocycles. The molecule has 2 atom stereocenters. The maximum Gasteiger partial charge on any atom is 0.305 e. The minimum atomic E-state index is -0.841. The molecule has 2 unspecified atom stereocenters. The van der Waals surface area contributed by atoms with Gasteiger partial charge in [-0.25, -0.2) is 0 Å². The quantitative estimate of drug-likeness (QED) is 0.0321. The van der Waals surface area contributed by atoms with E-state index >= 15 is 0 Å². The van der Waals surface area contributed by atoms with E-state index in [1.54, 1.807) is 6.08 Å². The molecular formula is C59H111NO5. The normalized spacial score (nSPS) is 12.9. The fourth-order valence-corrected chi connectivity index (χ4v) is 8.73. The third-order valence-corrected chi connectivity index (χ3v) is 13.1. The van der Waals surface area contributed by atoms with Gasteiger partial charge in [0.05, 0.1) is 25.4 Å². The van der Waals surface area contributed by atoms with Gasteiger partial charge >= 0.3 is 5.97 Å². The zero-order chi connectivity index (χ0) is 47.2. The minimum Gasteiger partial charge on any atom is -0.466 e. The van der Waals surface area contributed by atoms with Gasteiger partial charge in [0, 0.05) is 12.8 Å². The van der Waals surface area contributed by atoms with Crippen LogP contribution in [0.3, 0.4) is 0 Å². The molecule has 0 aromatic carbocycles. The van der Waals surface area contributed by atoms with Crippen molar-refractivity contribution in [3.8, 4) is 0 Å². The molecule has 382 valence electrons. The molecule has 0 fully saturated rings. The molecule has 0 aliphatic heterocycles. The highest BCUT2D eigenvalue weighted by atomic mass is 16.5. The largest absolute Gasteiger partial charge is 0.466 e. The van der Waals surface area contributed by atoms with E-state index in [-0.39, 0.29) is 18.5 Å². The molecule has 0 aliphatic rings. The Balaban J connectivity index is 3.36. The van der Waals surface area contributed by atoms with Crippen LogP contribution < -0.4 is 5.32 Å². The van der Waals surface area contributed by atoms with E-state index in [2.05, 4.69) is 43.5 Å². The highest BCUT2D eigenvalue weighted by Crippen LogP contribution is 2.17. The number of aliphatic hydroxyl groups is 2. The van der Waals surface area contributed by atoms with Crippen molar-refractivity contribution in [2.24, 2.45) is 0 Å². The second-order valence-electron chi connectivity index (χ2n) is 19.6. The molecule has 1 amide bonds. The molecule has 0 radical (unpaired) electrons. The Bertz CT molecular complexity index is 1060. The van der Waals surface area contributed by atoms with Crippen LogP contribution >= 0.6 is 0 Å². The highest BCUT2D eigenvalue weighted by Gasteiger charge is 2.18. The summed E-state index contributed by atoms with van der Waals surface area (Å²) in [7, 11) is 0. The van der Waals surface area contributed by atoms with Crippen LogP contribution in [0.4, 0.5) is 0 Å². The first-order valence-corrected chi connectivity index (χ1v) is 28.8. The molecule has 6 heteroatoms. The van der Waals surface area contributed by atoms with E-state index in [0.29, 0.717) is 19.4 Å². The molecule has 0 aromatic heterocycles. The number of amides is 1. The molecule has 3 N–H and O–H groups in total. The number of carbonyl (C=O) groups is 2. The highest BCUT2D eigenvalue weighted by molar-refractivity contribution is 5.76. The number of carbonyl (C=O) groups excluding carboxylic acids is 2. The Morgan fingerprint density at radius 2 is 0.800 bits per heavy atom. The van der Waals surface area contributed by atoms with E-state index in [1.165, 1.54) is 225 Å². The van der Waals surface area contributed by atoms with Gasteiger partial charge in [-0.1, -0.05) is 269 Å². The Labute approximate surface area is 404 Å². The molecule has 0 aromatic rings. The first-order chi connectivity index (χ1) is 32.0. The Morgan fingerprint density at radius 1 is 0.431 bits per heavy atom. The zero-order valence-electron chi connectivity index (χ0n) is 43.5. The van der Waals surface area contributed by atoms with Gasteiger partial charge in [-0.15, -0.1) is 0 Å². The van der Waals surface area contributed by atoms with E-state index in [0.717, 1.165) is 51.4 Å². The summed E-state index contributed by atoms with van der Waals surface area (Å²) in [6.45, 7) is 4.82. The summed E-state index contributed by atoms with van der Waals surface area (Å²) in [5, 5.41) is 23.0. The minimum absolute atomic E-state index is 0.000102. The number of hydrogen-bond donors (Lipinski definition) is 3. The number of nitrogens with one attached hydrogen (secondary N) is 1. The molecule has 0 spiro atoms. The van der Waals surface area contributed by atoms with Crippen LogP contribution in [0.1, 0.15) is 303 Å². The molecule has 0 bridgehead atoms. The maximum absolute atomic E-state index is 12.4. The molecule has 0 rings (SSSR count). The number of aliphatic hydroxyl groups excluding tert-OH is 2. The van der Waals surface area contributed by atoms with Crippen molar-refractivity contribution < 1.29 is 24.5 Å². The molecule has 0 saturated carbocycles. The fourth-order valence-electron chi connectivity index (χ4n) is 8.73. The van der Waals surface area contributed by atoms with Gasteiger partial charge in [0.1, 0.15) is 0 Å². The van der Waals surface area contributed by atoms with Gasteiger partial charge in [0.15, 0.2) is 0 Å². The van der Waals surface area contributed by atoms with Crippen LogP contribution in [0.15, 0.2) is 36.5 Å². The van der Waals surface area contributed by atoms with Crippen LogP contribution in [-0.4, -0.2) is 47.4 Å². The van der Waals surface area contributed by atoms with Gasteiger partial charge in [0.2, 0.25) is 5.91 Å². The maximum atomic E-state index is 12.4. The van der Waals surface area contributed by atoms with Crippen LogP contribution in [0.2, 0.25) is 0 Å². The number of allylic oxidation sites excluding steroid dienone is 5. The van der Waals surface area contributed by atoms with Crippen molar-refractivity contribution in [3.05, 3.63) is 36.5 Å². The number of hydrogen-bond acceptors (Lipinski definition) is 5. The van der Waals surface area contributed by atoms with Gasteiger partial charge in [0.25, 0.3) is 0 Å². The summed E-state index contributed by atoms with van der Waals surface area (Å²) < 4.78 is 5.46. The molecule has 0 saturated heterocycles.